The number of aromatic nitrogens is 1. The van der Waals surface area contributed by atoms with Gasteiger partial charge in [-0.1, -0.05) is 6.07 Å². The molecule has 2 nitrogen and oxygen atoms in total. The molecule has 2 aromatic rings. The minimum Gasteiger partial charge on any atom is -0.369 e. The summed E-state index contributed by atoms with van der Waals surface area (Å²) < 4.78 is 76.8. The number of hydrogen-bond acceptors (Lipinski definition) is 2. The first kappa shape index (κ1) is 16.0. The molecule has 0 saturated heterocycles. The molecule has 1 aromatic heterocycles. The first-order valence-electron chi connectivity index (χ1n) is 5.39. The summed E-state index contributed by atoms with van der Waals surface area (Å²) in [5.74, 6) is 0. The van der Waals surface area contributed by atoms with Crippen LogP contribution < -0.4 is 0 Å². The number of benzene rings is 1. The van der Waals surface area contributed by atoms with Crippen LogP contribution in [0, 0.1) is 0 Å². The second-order valence-corrected chi connectivity index (χ2v) is 5.09. The van der Waals surface area contributed by atoms with Gasteiger partial charge in [-0.25, -0.2) is 0 Å². The van der Waals surface area contributed by atoms with Crippen LogP contribution in [0.4, 0.5) is 26.3 Å². The van der Waals surface area contributed by atoms with Gasteiger partial charge in [0.25, 0.3) is 5.60 Å². The second-order valence-electron chi connectivity index (χ2n) is 4.24. The lowest BCUT2D eigenvalue weighted by Crippen LogP contribution is -2.53. The Hall–Kier alpha value is -1.35. The smallest absolute Gasteiger partial charge is 0.369 e. The minimum absolute atomic E-state index is 0.0359. The van der Waals surface area contributed by atoms with Crippen LogP contribution in [0.3, 0.4) is 0 Å². The van der Waals surface area contributed by atoms with E-state index >= 15 is 0 Å². The summed E-state index contributed by atoms with van der Waals surface area (Å²) in [6, 6.07) is 3.84. The molecule has 0 aliphatic heterocycles. The Bertz CT molecular complexity index is 667. The lowest BCUT2D eigenvalue weighted by molar-refractivity contribution is -0.376. The molecular formula is C12H6BrF6NO. The van der Waals surface area contributed by atoms with Gasteiger partial charge in [0.2, 0.25) is 0 Å². The molecule has 1 N–H and O–H groups in total. The molecule has 0 radical (unpaired) electrons. The van der Waals surface area contributed by atoms with Gasteiger partial charge >= 0.3 is 12.4 Å². The van der Waals surface area contributed by atoms with Crippen LogP contribution in [0.25, 0.3) is 10.9 Å². The van der Waals surface area contributed by atoms with Crippen LogP contribution in [-0.4, -0.2) is 22.4 Å². The highest BCUT2D eigenvalue weighted by Gasteiger charge is 2.71. The molecule has 0 fully saturated rings. The molecule has 0 bridgehead atoms. The van der Waals surface area contributed by atoms with Crippen molar-refractivity contribution < 1.29 is 31.4 Å². The van der Waals surface area contributed by atoms with Gasteiger partial charge in [0, 0.05) is 21.6 Å². The largest absolute Gasteiger partial charge is 0.430 e. The highest BCUT2D eigenvalue weighted by atomic mass is 79.9. The first-order valence-corrected chi connectivity index (χ1v) is 6.18. The number of rotatable bonds is 1. The van der Waals surface area contributed by atoms with Crippen molar-refractivity contribution in [1.29, 1.82) is 0 Å². The van der Waals surface area contributed by atoms with Gasteiger partial charge < -0.3 is 5.11 Å². The third kappa shape index (κ3) is 2.48. The van der Waals surface area contributed by atoms with E-state index in [4.69, 9.17) is 0 Å². The molecule has 21 heavy (non-hydrogen) atoms. The molecular weight excluding hydrogens is 368 g/mol. The Morgan fingerprint density at radius 2 is 1.57 bits per heavy atom. The van der Waals surface area contributed by atoms with E-state index in [0.29, 0.717) is 12.1 Å². The second kappa shape index (κ2) is 4.84. The van der Waals surface area contributed by atoms with Crippen LogP contribution in [0.5, 0.6) is 0 Å². The number of nitrogens with zero attached hydrogens (tertiary/aromatic N) is 1. The van der Waals surface area contributed by atoms with Crippen LogP contribution >= 0.6 is 15.9 Å². The number of fused-ring (bicyclic) bond motifs is 1. The van der Waals surface area contributed by atoms with E-state index in [1.807, 2.05) is 0 Å². The van der Waals surface area contributed by atoms with Gasteiger partial charge in [-0.3, -0.25) is 4.98 Å². The zero-order chi connectivity index (χ0) is 16.1. The molecule has 0 saturated carbocycles. The summed E-state index contributed by atoms with van der Waals surface area (Å²) in [6.07, 6.45) is -10.5. The molecule has 0 unspecified atom stereocenters. The van der Waals surface area contributed by atoms with Gasteiger partial charge in [-0.2, -0.15) is 26.3 Å². The third-order valence-electron chi connectivity index (χ3n) is 2.90. The highest BCUT2D eigenvalue weighted by molar-refractivity contribution is 9.10. The average Bonchev–Trinajstić information content (AvgIpc) is 2.35. The molecule has 0 spiro atoms. The summed E-state index contributed by atoms with van der Waals surface area (Å²) >= 11 is 2.87. The summed E-state index contributed by atoms with van der Waals surface area (Å²) in [7, 11) is 0. The topological polar surface area (TPSA) is 33.1 Å². The SMILES string of the molecule is OC(c1cc(Br)c2ncccc2c1)(C(F)(F)F)C(F)(F)F. The lowest BCUT2D eigenvalue weighted by atomic mass is 9.91. The van der Waals surface area contributed by atoms with Crippen molar-refractivity contribution >= 4 is 26.8 Å². The normalized spacial score (nSPS) is 13.7. The average molecular weight is 374 g/mol. The molecule has 1 heterocycles. The van der Waals surface area contributed by atoms with Gasteiger partial charge in [0.1, 0.15) is 0 Å². The van der Waals surface area contributed by atoms with Crippen molar-refractivity contribution in [1.82, 2.24) is 4.98 Å². The van der Waals surface area contributed by atoms with E-state index in [1.165, 1.54) is 18.3 Å². The van der Waals surface area contributed by atoms with E-state index in [-0.39, 0.29) is 15.4 Å². The quantitative estimate of drug-likeness (QED) is 0.755. The van der Waals surface area contributed by atoms with Gasteiger partial charge in [0.05, 0.1) is 5.52 Å². The Morgan fingerprint density at radius 3 is 2.10 bits per heavy atom. The predicted molar refractivity (Wildman–Crippen MR) is 65.4 cm³/mol. The zero-order valence-corrected chi connectivity index (χ0v) is 11.5. The van der Waals surface area contributed by atoms with E-state index in [2.05, 4.69) is 20.9 Å². The molecule has 1 aromatic carbocycles. The van der Waals surface area contributed by atoms with Crippen molar-refractivity contribution in [3.05, 3.63) is 40.5 Å². The fourth-order valence-corrected chi connectivity index (χ4v) is 2.42. The molecule has 0 aliphatic rings. The summed E-state index contributed by atoms with van der Waals surface area (Å²) in [5.41, 5.74) is -6.09. The predicted octanol–water partition coefficient (Wildman–Crippen LogP) is 4.31. The molecule has 0 aliphatic carbocycles. The van der Waals surface area contributed by atoms with E-state index in [0.717, 1.165) is 0 Å². The zero-order valence-electron chi connectivity index (χ0n) is 9.93. The number of hydrogen-bond donors (Lipinski definition) is 1. The third-order valence-corrected chi connectivity index (χ3v) is 3.50. The summed E-state index contributed by atoms with van der Waals surface area (Å²) in [6.45, 7) is 0. The van der Waals surface area contributed by atoms with E-state index in [1.54, 1.807) is 0 Å². The van der Waals surface area contributed by atoms with Crippen LogP contribution in [0.15, 0.2) is 34.9 Å². The minimum atomic E-state index is -5.92. The van der Waals surface area contributed by atoms with Crippen LogP contribution in [0.2, 0.25) is 0 Å². The maximum Gasteiger partial charge on any atom is 0.430 e. The van der Waals surface area contributed by atoms with Crippen molar-refractivity contribution in [2.24, 2.45) is 0 Å². The standard InChI is InChI=1S/C12H6BrF6NO/c13-8-5-7(4-6-2-1-3-20-9(6)8)10(21,11(14,15)16)12(17,18)19/h1-5,21H. The Morgan fingerprint density at radius 1 is 1.00 bits per heavy atom. The molecule has 2 rings (SSSR count). The number of alkyl halides is 6. The Labute approximate surface area is 122 Å². The Balaban J connectivity index is 2.79. The molecule has 9 heteroatoms. The number of aliphatic hydroxyl groups is 1. The van der Waals surface area contributed by atoms with Crippen molar-refractivity contribution in [3.8, 4) is 0 Å². The first-order chi connectivity index (χ1) is 9.48. The lowest BCUT2D eigenvalue weighted by Gasteiger charge is -2.32. The van der Waals surface area contributed by atoms with E-state index < -0.39 is 23.5 Å². The Kier molecular flexibility index (Phi) is 3.69. The number of pyridine rings is 1. The van der Waals surface area contributed by atoms with E-state index in [9.17, 15) is 31.4 Å². The van der Waals surface area contributed by atoms with Crippen LogP contribution in [0.1, 0.15) is 5.56 Å². The summed E-state index contributed by atoms with van der Waals surface area (Å²) in [4.78, 5) is 3.84. The van der Waals surface area contributed by atoms with Gasteiger partial charge in [0.15, 0.2) is 0 Å². The maximum absolute atomic E-state index is 12.8. The number of halogens is 7. The monoisotopic (exact) mass is 373 g/mol. The molecule has 0 amide bonds. The fraction of sp³-hybridized carbons (Fsp3) is 0.250. The molecule has 114 valence electrons. The fourth-order valence-electron chi connectivity index (χ4n) is 1.84. The van der Waals surface area contributed by atoms with Crippen molar-refractivity contribution in [3.63, 3.8) is 0 Å². The highest BCUT2D eigenvalue weighted by Crippen LogP contribution is 2.50. The summed E-state index contributed by atoms with van der Waals surface area (Å²) in [5, 5.41) is 9.38. The van der Waals surface area contributed by atoms with Gasteiger partial charge in [-0.05, 0) is 34.1 Å². The van der Waals surface area contributed by atoms with Crippen LogP contribution in [-0.2, 0) is 5.60 Å². The van der Waals surface area contributed by atoms with Crippen molar-refractivity contribution in [2.45, 2.75) is 18.0 Å². The molecule has 0 atom stereocenters. The van der Waals surface area contributed by atoms with Gasteiger partial charge in [-0.15, -0.1) is 0 Å². The van der Waals surface area contributed by atoms with Crippen molar-refractivity contribution in [2.75, 3.05) is 0 Å². The maximum atomic E-state index is 12.8.